The molecule has 2 saturated heterocycles. The average molecular weight is 558 g/mol. The highest BCUT2D eigenvalue weighted by molar-refractivity contribution is 5.52. The van der Waals surface area contributed by atoms with Crippen LogP contribution in [0.3, 0.4) is 0 Å². The van der Waals surface area contributed by atoms with E-state index in [0.29, 0.717) is 18.7 Å². The molecule has 7 heteroatoms. The zero-order valence-electron chi connectivity index (χ0n) is 24.8. The highest BCUT2D eigenvalue weighted by Crippen LogP contribution is 2.46. The van der Waals surface area contributed by atoms with Crippen LogP contribution in [0.2, 0.25) is 0 Å². The second-order valence-electron chi connectivity index (χ2n) is 12.8. The maximum Gasteiger partial charge on any atom is 0.318 e. The number of aliphatic hydroxyl groups excluding tert-OH is 1. The van der Waals surface area contributed by atoms with Gasteiger partial charge in [0, 0.05) is 37.3 Å². The Kier molecular flexibility index (Phi) is 8.47. The first-order valence-electron chi connectivity index (χ1n) is 15.7. The Hall–Kier alpha value is -2.74. The predicted octanol–water partition coefficient (Wildman–Crippen LogP) is 4.57. The Bertz CT molecular complexity index is 1250. The molecule has 1 N–H and O–H groups in total. The van der Waals surface area contributed by atoms with E-state index in [0.717, 1.165) is 76.9 Å². The van der Waals surface area contributed by atoms with Crippen LogP contribution in [0.25, 0.3) is 0 Å². The normalized spacial score (nSPS) is 27.3. The van der Waals surface area contributed by atoms with Gasteiger partial charge in [0.1, 0.15) is 18.7 Å². The number of anilines is 1. The van der Waals surface area contributed by atoms with Crippen molar-refractivity contribution >= 4 is 5.82 Å². The van der Waals surface area contributed by atoms with Crippen molar-refractivity contribution in [3.8, 4) is 6.01 Å². The highest BCUT2D eigenvalue weighted by atomic mass is 16.5. The molecule has 1 aromatic carbocycles. The molecule has 6 rings (SSSR count). The number of hydrogen-bond acceptors (Lipinski definition) is 7. The fourth-order valence-corrected chi connectivity index (χ4v) is 7.76. The second-order valence-corrected chi connectivity index (χ2v) is 12.8. The van der Waals surface area contributed by atoms with Crippen LogP contribution in [0, 0.1) is 5.41 Å². The topological polar surface area (TPSA) is 65.0 Å². The first-order chi connectivity index (χ1) is 20.0. The van der Waals surface area contributed by atoms with Crippen molar-refractivity contribution in [3.05, 3.63) is 72.0 Å². The maximum absolute atomic E-state index is 10.7. The number of piperazine rings is 1. The van der Waals surface area contributed by atoms with Gasteiger partial charge >= 0.3 is 6.01 Å². The number of aliphatic hydroxyl groups is 1. The Morgan fingerprint density at radius 2 is 1.90 bits per heavy atom. The van der Waals surface area contributed by atoms with Crippen molar-refractivity contribution in [2.24, 2.45) is 5.41 Å². The number of aromatic nitrogens is 2. The lowest BCUT2D eigenvalue weighted by atomic mass is 9.63. The molecule has 2 fully saturated rings. The Balaban J connectivity index is 1.30. The van der Waals surface area contributed by atoms with Gasteiger partial charge in [0.2, 0.25) is 0 Å². The predicted molar refractivity (Wildman–Crippen MR) is 164 cm³/mol. The SMILES string of the molecule is C=CCCC1CN(c2nc(OCC3CCCN3C)nc3c2CCC2(CCc4ccccc4C2)C3)CCN1C(O)C=C. The van der Waals surface area contributed by atoms with E-state index in [4.69, 9.17) is 14.7 Å². The molecule has 2 aliphatic carbocycles. The molecular weight excluding hydrogens is 510 g/mol. The summed E-state index contributed by atoms with van der Waals surface area (Å²) in [6.45, 7) is 11.9. The number of fused-ring (bicyclic) bond motifs is 2. The first kappa shape index (κ1) is 28.4. The third-order valence-corrected chi connectivity index (χ3v) is 10.3. The summed E-state index contributed by atoms with van der Waals surface area (Å²) in [5.41, 5.74) is 5.78. The number of rotatable bonds is 9. The summed E-state index contributed by atoms with van der Waals surface area (Å²) < 4.78 is 6.39. The van der Waals surface area contributed by atoms with Crippen LogP contribution in [-0.2, 0) is 25.7 Å². The van der Waals surface area contributed by atoms with Crippen molar-refractivity contribution in [3.63, 3.8) is 0 Å². The maximum atomic E-state index is 10.7. The first-order valence-corrected chi connectivity index (χ1v) is 15.7. The summed E-state index contributed by atoms with van der Waals surface area (Å²) in [5.74, 6) is 1.05. The number of allylic oxidation sites excluding steroid dienone is 1. The smallest absolute Gasteiger partial charge is 0.318 e. The second kappa shape index (κ2) is 12.2. The Morgan fingerprint density at radius 3 is 2.68 bits per heavy atom. The lowest BCUT2D eigenvalue weighted by molar-refractivity contribution is 0.000642. The number of ether oxygens (including phenoxy) is 1. The number of hydrogen-bond donors (Lipinski definition) is 1. The van der Waals surface area contributed by atoms with Crippen LogP contribution in [0.5, 0.6) is 6.01 Å². The number of nitrogens with zero attached hydrogens (tertiary/aromatic N) is 5. The van der Waals surface area contributed by atoms with Gasteiger partial charge in [0.15, 0.2) is 0 Å². The molecule has 2 aromatic rings. The molecular formula is C34H47N5O2. The van der Waals surface area contributed by atoms with E-state index in [-0.39, 0.29) is 11.5 Å². The van der Waals surface area contributed by atoms with Gasteiger partial charge in [0.05, 0.1) is 5.69 Å². The van der Waals surface area contributed by atoms with Gasteiger partial charge in [-0.15, -0.1) is 6.58 Å². The van der Waals surface area contributed by atoms with Crippen LogP contribution in [-0.4, -0.2) is 83.0 Å². The van der Waals surface area contributed by atoms with Crippen molar-refractivity contribution in [2.75, 3.05) is 44.7 Å². The highest BCUT2D eigenvalue weighted by Gasteiger charge is 2.41. The number of benzene rings is 1. The molecule has 1 aromatic heterocycles. The van der Waals surface area contributed by atoms with Gasteiger partial charge in [-0.05, 0) is 100 Å². The average Bonchev–Trinajstić information content (AvgIpc) is 3.42. The van der Waals surface area contributed by atoms with Crippen molar-refractivity contribution in [1.29, 1.82) is 0 Å². The molecule has 0 saturated carbocycles. The largest absolute Gasteiger partial charge is 0.462 e. The summed E-state index contributed by atoms with van der Waals surface area (Å²) in [6.07, 6.45) is 13.9. The summed E-state index contributed by atoms with van der Waals surface area (Å²) in [6, 6.07) is 10.1. The van der Waals surface area contributed by atoms with Crippen molar-refractivity contribution < 1.29 is 9.84 Å². The third-order valence-electron chi connectivity index (χ3n) is 10.3. The van der Waals surface area contributed by atoms with Gasteiger partial charge in [0.25, 0.3) is 0 Å². The standard InChI is InChI=1S/C34H47N5O2/c1-4-6-12-27-23-38(19-20-39(27)31(40)5-2)32-29-15-17-34(16-14-25-10-7-8-11-26(25)21-34)22-30(29)35-33(36-32)41-24-28-13-9-18-37(28)3/h4-5,7-8,10-11,27-28,31,40H,1-2,6,9,12-24H2,3H3. The van der Waals surface area contributed by atoms with Crippen molar-refractivity contribution in [1.82, 2.24) is 19.8 Å². The fraction of sp³-hybridized carbons (Fsp3) is 0.588. The number of likely N-dealkylation sites (N-methyl/N-ethyl adjacent to an activating group) is 1. The van der Waals surface area contributed by atoms with Crippen LogP contribution in [0.4, 0.5) is 5.82 Å². The van der Waals surface area contributed by atoms with E-state index >= 15 is 0 Å². The summed E-state index contributed by atoms with van der Waals surface area (Å²) in [5, 5.41) is 10.7. The molecule has 4 atom stereocenters. The third kappa shape index (κ3) is 5.95. The molecule has 220 valence electrons. The van der Waals surface area contributed by atoms with Gasteiger partial charge in [-0.3, -0.25) is 4.90 Å². The number of likely N-dealkylation sites (tertiary alicyclic amines) is 1. The molecule has 1 spiro atoms. The van der Waals surface area contributed by atoms with Crippen LogP contribution >= 0.6 is 0 Å². The fourth-order valence-electron chi connectivity index (χ4n) is 7.76. The molecule has 2 aliphatic heterocycles. The molecule has 3 heterocycles. The van der Waals surface area contributed by atoms with Gasteiger partial charge < -0.3 is 19.6 Å². The van der Waals surface area contributed by atoms with Gasteiger partial charge in [-0.1, -0.05) is 36.9 Å². The van der Waals surface area contributed by atoms with Crippen molar-refractivity contribution in [2.45, 2.75) is 82.5 Å². The lowest BCUT2D eigenvalue weighted by Gasteiger charge is -2.45. The van der Waals surface area contributed by atoms with E-state index < -0.39 is 6.23 Å². The van der Waals surface area contributed by atoms with Crippen LogP contribution in [0.15, 0.2) is 49.6 Å². The summed E-state index contributed by atoms with van der Waals surface area (Å²) >= 11 is 0. The zero-order valence-corrected chi connectivity index (χ0v) is 24.8. The molecule has 0 radical (unpaired) electrons. The molecule has 4 unspecified atom stereocenters. The van der Waals surface area contributed by atoms with Crippen LogP contribution in [0.1, 0.15) is 60.9 Å². The molecule has 4 aliphatic rings. The molecule has 7 nitrogen and oxygen atoms in total. The molecule has 0 bridgehead atoms. The van der Waals surface area contributed by atoms with E-state index in [1.807, 2.05) is 6.08 Å². The van der Waals surface area contributed by atoms with Gasteiger partial charge in [-0.2, -0.15) is 9.97 Å². The minimum Gasteiger partial charge on any atom is -0.462 e. The summed E-state index contributed by atoms with van der Waals surface area (Å²) in [7, 11) is 2.19. The minimum absolute atomic E-state index is 0.196. The Morgan fingerprint density at radius 1 is 1.07 bits per heavy atom. The molecule has 41 heavy (non-hydrogen) atoms. The number of aryl methyl sites for hydroxylation is 1. The van der Waals surface area contributed by atoms with E-state index in [1.165, 1.54) is 41.6 Å². The lowest BCUT2D eigenvalue weighted by Crippen LogP contribution is -2.56. The van der Waals surface area contributed by atoms with E-state index in [2.05, 4.69) is 59.2 Å². The minimum atomic E-state index is -0.636. The monoisotopic (exact) mass is 557 g/mol. The molecule has 0 amide bonds. The van der Waals surface area contributed by atoms with Gasteiger partial charge in [-0.25, -0.2) is 0 Å². The Labute approximate surface area is 245 Å². The van der Waals surface area contributed by atoms with E-state index in [9.17, 15) is 5.11 Å². The van der Waals surface area contributed by atoms with E-state index in [1.54, 1.807) is 6.08 Å². The quantitative estimate of drug-likeness (QED) is 0.453. The van der Waals surface area contributed by atoms with Crippen LogP contribution < -0.4 is 9.64 Å². The summed E-state index contributed by atoms with van der Waals surface area (Å²) in [4.78, 5) is 17.2. The zero-order chi connectivity index (χ0) is 28.4.